The van der Waals surface area contributed by atoms with Crippen LogP contribution in [0.3, 0.4) is 0 Å². The van der Waals surface area contributed by atoms with Crippen molar-refractivity contribution in [2.24, 2.45) is 10.9 Å². The molecular formula is C25H29N3O2S2. The second kappa shape index (κ2) is 10.2. The molecule has 0 atom stereocenters. The lowest BCUT2D eigenvalue weighted by Gasteiger charge is -2.18. The standard InChI is InChI=1S/C25H29N3O2S2/c1-17-15-18(2)20(4)25(19(17)3)32(29,30)28-23-7-5-6-8-24(23)31-14-13-21-9-11-22(12-10-21)16-27-26/h5-12,15-16,28H,13-14,26H2,1-4H3/b27-16-. The molecule has 0 aliphatic heterocycles. The lowest BCUT2D eigenvalue weighted by molar-refractivity contribution is 0.599. The van der Waals surface area contributed by atoms with Gasteiger partial charge in [0.15, 0.2) is 0 Å². The maximum absolute atomic E-state index is 13.3. The summed E-state index contributed by atoms with van der Waals surface area (Å²) in [5.41, 5.74) is 6.28. The Hall–Kier alpha value is -2.77. The molecule has 0 bridgehead atoms. The second-order valence-electron chi connectivity index (χ2n) is 7.81. The molecule has 5 nitrogen and oxygen atoms in total. The quantitative estimate of drug-likeness (QED) is 0.202. The largest absolute Gasteiger partial charge is 0.323 e. The van der Waals surface area contributed by atoms with E-state index in [1.165, 1.54) is 5.56 Å². The van der Waals surface area contributed by atoms with Crippen LogP contribution in [0.2, 0.25) is 0 Å². The first-order valence-electron chi connectivity index (χ1n) is 10.4. The Morgan fingerprint density at radius 3 is 2.22 bits per heavy atom. The molecule has 7 heteroatoms. The Morgan fingerprint density at radius 2 is 1.59 bits per heavy atom. The van der Waals surface area contributed by atoms with E-state index in [1.54, 1.807) is 18.0 Å². The summed E-state index contributed by atoms with van der Waals surface area (Å²) < 4.78 is 29.5. The summed E-state index contributed by atoms with van der Waals surface area (Å²) in [4.78, 5) is 1.28. The maximum Gasteiger partial charge on any atom is 0.262 e. The SMILES string of the molecule is Cc1cc(C)c(C)c(S(=O)(=O)Nc2ccccc2SCCc2ccc(/C=N\N)cc2)c1C. The first-order valence-corrected chi connectivity index (χ1v) is 12.8. The maximum atomic E-state index is 13.3. The van der Waals surface area contributed by atoms with Gasteiger partial charge in [0.25, 0.3) is 10.0 Å². The van der Waals surface area contributed by atoms with Crippen LogP contribution in [0.4, 0.5) is 5.69 Å². The van der Waals surface area contributed by atoms with E-state index >= 15 is 0 Å². The average molecular weight is 468 g/mol. The van der Waals surface area contributed by atoms with Crippen LogP contribution in [0.25, 0.3) is 0 Å². The number of rotatable bonds is 8. The number of hydrazone groups is 1. The van der Waals surface area contributed by atoms with Crippen molar-refractivity contribution in [1.82, 2.24) is 0 Å². The molecule has 168 valence electrons. The molecule has 3 N–H and O–H groups in total. The Labute approximate surface area is 195 Å². The molecule has 0 aliphatic carbocycles. The molecule has 0 radical (unpaired) electrons. The van der Waals surface area contributed by atoms with Crippen LogP contribution < -0.4 is 10.6 Å². The fraction of sp³-hybridized carbons (Fsp3) is 0.240. The van der Waals surface area contributed by atoms with Crippen molar-refractivity contribution in [1.29, 1.82) is 0 Å². The average Bonchev–Trinajstić information content (AvgIpc) is 2.75. The summed E-state index contributed by atoms with van der Waals surface area (Å²) in [6, 6.07) is 17.6. The normalized spacial score (nSPS) is 11.8. The zero-order chi connectivity index (χ0) is 23.3. The predicted molar refractivity (Wildman–Crippen MR) is 135 cm³/mol. The fourth-order valence-corrected chi connectivity index (χ4v) is 6.36. The van der Waals surface area contributed by atoms with Crippen LogP contribution >= 0.6 is 11.8 Å². The van der Waals surface area contributed by atoms with Crippen molar-refractivity contribution in [3.63, 3.8) is 0 Å². The van der Waals surface area contributed by atoms with Gasteiger partial charge in [-0.15, -0.1) is 11.8 Å². The van der Waals surface area contributed by atoms with Crippen molar-refractivity contribution in [3.05, 3.63) is 88.0 Å². The van der Waals surface area contributed by atoms with Gasteiger partial charge in [0.1, 0.15) is 0 Å². The zero-order valence-electron chi connectivity index (χ0n) is 18.8. The summed E-state index contributed by atoms with van der Waals surface area (Å²) in [5, 5.41) is 3.53. The number of para-hydroxylation sites is 1. The molecule has 0 aliphatic rings. The molecular weight excluding hydrogens is 438 g/mol. The number of nitrogens with zero attached hydrogens (tertiary/aromatic N) is 1. The molecule has 0 unspecified atom stereocenters. The lowest BCUT2D eigenvalue weighted by atomic mass is 10.0. The highest BCUT2D eigenvalue weighted by atomic mass is 32.2. The minimum absolute atomic E-state index is 0.371. The minimum atomic E-state index is -3.72. The summed E-state index contributed by atoms with van der Waals surface area (Å²) in [7, 11) is -3.72. The number of nitrogens with two attached hydrogens (primary N) is 1. The van der Waals surface area contributed by atoms with Gasteiger partial charge in [-0.2, -0.15) is 5.10 Å². The van der Waals surface area contributed by atoms with Crippen molar-refractivity contribution in [2.75, 3.05) is 10.5 Å². The summed E-state index contributed by atoms with van der Waals surface area (Å²) in [6.45, 7) is 7.61. The fourth-order valence-electron chi connectivity index (χ4n) is 3.59. The van der Waals surface area contributed by atoms with Gasteiger partial charge in [-0.05, 0) is 79.6 Å². The third-order valence-electron chi connectivity index (χ3n) is 5.55. The molecule has 3 aromatic carbocycles. The number of nitrogens with one attached hydrogen (secondary N) is 1. The topological polar surface area (TPSA) is 84.5 Å². The van der Waals surface area contributed by atoms with Gasteiger partial charge in [-0.25, -0.2) is 8.42 Å². The van der Waals surface area contributed by atoms with Crippen LogP contribution in [0, 0.1) is 27.7 Å². The highest BCUT2D eigenvalue weighted by Gasteiger charge is 2.23. The van der Waals surface area contributed by atoms with E-state index in [0.29, 0.717) is 10.6 Å². The molecule has 0 spiro atoms. The number of benzene rings is 3. The van der Waals surface area contributed by atoms with E-state index in [2.05, 4.69) is 22.0 Å². The second-order valence-corrected chi connectivity index (χ2v) is 10.6. The molecule has 32 heavy (non-hydrogen) atoms. The van der Waals surface area contributed by atoms with E-state index in [1.807, 2.05) is 70.2 Å². The molecule has 0 saturated carbocycles. The first kappa shape index (κ1) is 23.9. The van der Waals surface area contributed by atoms with Crippen LogP contribution in [0.1, 0.15) is 33.4 Å². The first-order chi connectivity index (χ1) is 15.2. The zero-order valence-corrected chi connectivity index (χ0v) is 20.5. The lowest BCUT2D eigenvalue weighted by Crippen LogP contribution is -2.17. The Morgan fingerprint density at radius 1 is 0.969 bits per heavy atom. The van der Waals surface area contributed by atoms with Crippen molar-refractivity contribution >= 4 is 33.7 Å². The van der Waals surface area contributed by atoms with Crippen molar-refractivity contribution in [3.8, 4) is 0 Å². The molecule has 0 fully saturated rings. The van der Waals surface area contributed by atoms with Crippen LogP contribution in [-0.2, 0) is 16.4 Å². The van der Waals surface area contributed by atoms with Gasteiger partial charge in [-0.3, -0.25) is 4.72 Å². The van der Waals surface area contributed by atoms with E-state index in [4.69, 9.17) is 5.84 Å². The monoisotopic (exact) mass is 467 g/mol. The number of anilines is 1. The van der Waals surface area contributed by atoms with E-state index in [9.17, 15) is 8.42 Å². The van der Waals surface area contributed by atoms with E-state index in [0.717, 1.165) is 44.9 Å². The van der Waals surface area contributed by atoms with Crippen molar-refractivity contribution < 1.29 is 8.42 Å². The smallest absolute Gasteiger partial charge is 0.262 e. The van der Waals surface area contributed by atoms with Gasteiger partial charge >= 0.3 is 0 Å². The number of sulfonamides is 1. The van der Waals surface area contributed by atoms with Crippen LogP contribution in [0.5, 0.6) is 0 Å². The van der Waals surface area contributed by atoms with Crippen molar-refractivity contribution in [2.45, 2.75) is 43.9 Å². The van der Waals surface area contributed by atoms with E-state index in [-0.39, 0.29) is 0 Å². The number of hydrogen-bond acceptors (Lipinski definition) is 5. The summed E-state index contributed by atoms with van der Waals surface area (Å²) >= 11 is 1.63. The third-order valence-corrected chi connectivity index (χ3v) is 8.26. The molecule has 3 rings (SSSR count). The molecule has 0 aromatic heterocycles. The Kier molecular flexibility index (Phi) is 7.64. The predicted octanol–water partition coefficient (Wildman–Crippen LogP) is 5.35. The van der Waals surface area contributed by atoms with Gasteiger partial charge < -0.3 is 5.84 Å². The Bertz CT molecular complexity index is 1210. The number of aryl methyl sites for hydroxylation is 3. The van der Waals surface area contributed by atoms with Gasteiger partial charge in [-0.1, -0.05) is 42.5 Å². The van der Waals surface area contributed by atoms with Gasteiger partial charge in [0.05, 0.1) is 16.8 Å². The third kappa shape index (κ3) is 5.53. The highest BCUT2D eigenvalue weighted by molar-refractivity contribution is 7.99. The molecule has 3 aromatic rings. The van der Waals surface area contributed by atoms with Crippen LogP contribution in [-0.4, -0.2) is 20.4 Å². The summed E-state index contributed by atoms with van der Waals surface area (Å²) in [5.74, 6) is 6.01. The minimum Gasteiger partial charge on any atom is -0.323 e. The molecule has 0 amide bonds. The van der Waals surface area contributed by atoms with Crippen LogP contribution in [0.15, 0.2) is 69.5 Å². The summed E-state index contributed by atoms with van der Waals surface area (Å²) in [6.07, 6.45) is 2.47. The number of thioether (sulfide) groups is 1. The molecule has 0 heterocycles. The Balaban J connectivity index is 1.77. The van der Waals surface area contributed by atoms with Gasteiger partial charge in [0.2, 0.25) is 0 Å². The molecule has 0 saturated heterocycles. The van der Waals surface area contributed by atoms with E-state index < -0.39 is 10.0 Å². The van der Waals surface area contributed by atoms with Gasteiger partial charge in [0, 0.05) is 10.6 Å². The number of hydrogen-bond donors (Lipinski definition) is 2. The highest BCUT2D eigenvalue weighted by Crippen LogP contribution is 2.32.